The number of nitrogens with one attached hydrogen (secondary N) is 3. The minimum Gasteiger partial charge on any atom is -0.495 e. The van der Waals surface area contributed by atoms with Gasteiger partial charge in [-0.15, -0.1) is 0 Å². The van der Waals surface area contributed by atoms with E-state index in [0.717, 1.165) is 74.3 Å². The average Bonchev–Trinajstić information content (AvgIpc) is 3.97. The van der Waals surface area contributed by atoms with Gasteiger partial charge in [0.2, 0.25) is 17.8 Å². The zero-order valence-electron chi connectivity index (χ0n) is 39.3. The van der Waals surface area contributed by atoms with Gasteiger partial charge in [-0.1, -0.05) is 12.8 Å². The van der Waals surface area contributed by atoms with Crippen LogP contribution in [0.1, 0.15) is 88.9 Å². The fraction of sp³-hybridized carbons (Fsp3) is 0.542. The van der Waals surface area contributed by atoms with E-state index in [1.807, 2.05) is 0 Å². The van der Waals surface area contributed by atoms with Crippen LogP contribution in [0.4, 0.5) is 42.0 Å². The van der Waals surface area contributed by atoms with Crippen LogP contribution in [-0.2, 0) is 19.1 Å². The van der Waals surface area contributed by atoms with Gasteiger partial charge < -0.3 is 34.8 Å². The van der Waals surface area contributed by atoms with Gasteiger partial charge >= 0.3 is 5.92 Å². The molecule has 0 radical (unpaired) electrons. The van der Waals surface area contributed by atoms with Crippen LogP contribution >= 0.6 is 0 Å². The van der Waals surface area contributed by atoms with Crippen molar-refractivity contribution in [3.63, 3.8) is 0 Å². The number of aromatic nitrogens is 2. The number of imide groups is 2. The van der Waals surface area contributed by atoms with Gasteiger partial charge in [0.1, 0.15) is 23.3 Å². The first-order valence-electron chi connectivity index (χ1n) is 24.1. The third-order valence-corrected chi connectivity index (χ3v) is 14.4. The number of fused-ring (bicyclic) bond motifs is 2. The lowest BCUT2D eigenvalue weighted by Gasteiger charge is -2.42. The number of likely N-dealkylation sites (tertiary alicyclic amines) is 1. The van der Waals surface area contributed by atoms with E-state index in [1.165, 1.54) is 31.3 Å². The Hall–Kier alpha value is -6.39. The summed E-state index contributed by atoms with van der Waals surface area (Å²) in [5.74, 6) is -8.00. The van der Waals surface area contributed by atoms with Crippen molar-refractivity contribution in [2.75, 3.05) is 107 Å². The van der Waals surface area contributed by atoms with Gasteiger partial charge in [0.25, 0.3) is 23.6 Å². The number of halogens is 3. The third-order valence-electron chi connectivity index (χ3n) is 14.4. The molecule has 22 heteroatoms. The van der Waals surface area contributed by atoms with Crippen LogP contribution in [0.2, 0.25) is 0 Å². The highest BCUT2D eigenvalue weighted by Gasteiger charge is 2.49. The zero-order valence-corrected chi connectivity index (χ0v) is 39.3. The molecule has 70 heavy (non-hydrogen) atoms. The molecule has 3 saturated heterocycles. The number of anilines is 5. The number of piperidine rings is 2. The van der Waals surface area contributed by atoms with E-state index in [4.69, 9.17) is 9.47 Å². The Kier molecular flexibility index (Phi) is 14.3. The largest absolute Gasteiger partial charge is 0.495 e. The lowest BCUT2D eigenvalue weighted by atomic mass is 10.0. The Labute approximate surface area is 403 Å². The second-order valence-electron chi connectivity index (χ2n) is 18.7. The summed E-state index contributed by atoms with van der Waals surface area (Å²) in [4.78, 5) is 95.1. The number of methoxy groups -OCH3 is 1. The summed E-state index contributed by atoms with van der Waals surface area (Å²) in [6.45, 7) is 6.16. The molecule has 6 amide bonds. The van der Waals surface area contributed by atoms with Crippen LogP contribution in [0, 0.1) is 5.82 Å². The standard InChI is InChI=1S/C48H58F3N11O8/c1-57-38-27-53-47(56-41(38)61(31-6-3-4-7-31)28-48(50,51)46(57)68)54-36-26-35(49)34(25-39(36)69-2)43(65)60-15-12-30(13-16-60)59-19-17-58(18-20-59)21-23-70-22-5-14-52-29-8-9-32-33(24-29)45(67)62(44(32)66)37-10-11-40(63)55-42(37)64/h8-9,24-27,30-31,37,52H,3-7,10-23,28H2,1-2H3,(H,53,54,56)(H,55,63,64). The van der Waals surface area contributed by atoms with Crippen LogP contribution in [0.3, 0.4) is 0 Å². The Morgan fingerprint density at radius 3 is 2.37 bits per heavy atom. The monoisotopic (exact) mass is 973 g/mol. The number of benzene rings is 2. The van der Waals surface area contributed by atoms with Crippen molar-refractivity contribution >= 4 is 64.3 Å². The molecule has 3 aromatic rings. The lowest BCUT2D eigenvalue weighted by Crippen LogP contribution is -2.54. The van der Waals surface area contributed by atoms with Gasteiger partial charge in [-0.3, -0.25) is 48.8 Å². The highest BCUT2D eigenvalue weighted by Crippen LogP contribution is 2.40. The SMILES string of the molecule is COc1cc(C(=O)N2CCC(N3CCN(CCOCCCNc4ccc5c(c4)C(=O)N(C4CCC(=O)NC4=O)C5=O)CC3)CC2)c(F)cc1Nc1ncc2c(n1)N(C1CCCC1)CC(F)(F)C(=O)N2C. The minimum absolute atomic E-state index is 0.0121. The first-order chi connectivity index (χ1) is 33.7. The van der Waals surface area contributed by atoms with Crippen molar-refractivity contribution in [3.8, 4) is 5.75 Å². The van der Waals surface area contributed by atoms with Crippen molar-refractivity contribution in [1.29, 1.82) is 0 Å². The Bertz CT molecular complexity index is 2530. The fourth-order valence-corrected chi connectivity index (χ4v) is 10.4. The summed E-state index contributed by atoms with van der Waals surface area (Å²) in [6, 6.07) is 6.47. The van der Waals surface area contributed by atoms with Gasteiger partial charge in [0.05, 0.1) is 48.8 Å². The first-order valence-corrected chi connectivity index (χ1v) is 24.1. The first kappa shape index (κ1) is 48.6. The molecular formula is C48H58F3N11O8. The Morgan fingerprint density at radius 2 is 1.64 bits per heavy atom. The summed E-state index contributed by atoms with van der Waals surface area (Å²) in [7, 11) is 2.67. The molecule has 3 N–H and O–H groups in total. The Morgan fingerprint density at radius 1 is 0.900 bits per heavy atom. The molecule has 4 fully saturated rings. The molecule has 1 aromatic heterocycles. The molecule has 6 aliphatic rings. The number of nitrogens with zero attached hydrogens (tertiary/aromatic N) is 8. The molecule has 2 aromatic carbocycles. The predicted molar refractivity (Wildman–Crippen MR) is 250 cm³/mol. The highest BCUT2D eigenvalue weighted by atomic mass is 19.3. The molecule has 1 saturated carbocycles. The second-order valence-corrected chi connectivity index (χ2v) is 18.7. The number of hydrogen-bond donors (Lipinski definition) is 3. The van der Waals surface area contributed by atoms with Crippen LogP contribution in [0.25, 0.3) is 0 Å². The normalized spacial score (nSPS) is 21.5. The van der Waals surface area contributed by atoms with E-state index in [1.54, 1.807) is 23.1 Å². The van der Waals surface area contributed by atoms with E-state index >= 15 is 13.2 Å². The van der Waals surface area contributed by atoms with Gasteiger partial charge in [-0.05, 0) is 62.8 Å². The van der Waals surface area contributed by atoms with E-state index in [9.17, 15) is 28.8 Å². The van der Waals surface area contributed by atoms with E-state index in [0.29, 0.717) is 63.8 Å². The maximum atomic E-state index is 15.8. The molecular weight excluding hydrogens is 916 g/mol. The predicted octanol–water partition coefficient (Wildman–Crippen LogP) is 3.87. The van der Waals surface area contributed by atoms with E-state index in [2.05, 4.69) is 35.7 Å². The molecule has 1 atom stereocenters. The fourth-order valence-electron chi connectivity index (χ4n) is 10.4. The zero-order chi connectivity index (χ0) is 49.3. The molecule has 0 bridgehead atoms. The molecule has 0 spiro atoms. The molecule has 19 nitrogen and oxygen atoms in total. The minimum atomic E-state index is -3.63. The summed E-state index contributed by atoms with van der Waals surface area (Å²) < 4.78 is 57.5. The summed E-state index contributed by atoms with van der Waals surface area (Å²) in [6.07, 6.45) is 6.80. The number of carbonyl (C=O) groups is 6. The maximum absolute atomic E-state index is 15.8. The summed E-state index contributed by atoms with van der Waals surface area (Å²) in [5, 5.41) is 8.43. The van der Waals surface area contributed by atoms with Crippen molar-refractivity contribution in [1.82, 2.24) is 34.9 Å². The van der Waals surface area contributed by atoms with Crippen LogP contribution in [0.5, 0.6) is 5.75 Å². The van der Waals surface area contributed by atoms with Crippen LogP contribution in [-0.4, -0.2) is 175 Å². The quantitative estimate of drug-likeness (QED) is 0.146. The van der Waals surface area contributed by atoms with Crippen molar-refractivity contribution in [2.24, 2.45) is 0 Å². The molecule has 5 aliphatic heterocycles. The van der Waals surface area contributed by atoms with Crippen LogP contribution in [0.15, 0.2) is 36.5 Å². The number of amides is 6. The van der Waals surface area contributed by atoms with Gasteiger partial charge in [-0.25, -0.2) is 9.37 Å². The van der Waals surface area contributed by atoms with Crippen molar-refractivity contribution in [3.05, 3.63) is 59.0 Å². The molecule has 9 rings (SSSR count). The molecule has 1 unspecified atom stereocenters. The van der Waals surface area contributed by atoms with Gasteiger partial charge in [0, 0.05) is 96.3 Å². The summed E-state index contributed by atoms with van der Waals surface area (Å²) >= 11 is 0. The molecule has 1 aliphatic carbocycles. The second kappa shape index (κ2) is 20.5. The van der Waals surface area contributed by atoms with E-state index < -0.39 is 59.8 Å². The number of rotatable bonds is 15. The van der Waals surface area contributed by atoms with Gasteiger partial charge in [-0.2, -0.15) is 13.8 Å². The number of alkyl halides is 2. The van der Waals surface area contributed by atoms with E-state index in [-0.39, 0.29) is 64.5 Å². The lowest BCUT2D eigenvalue weighted by molar-refractivity contribution is -0.140. The van der Waals surface area contributed by atoms with Gasteiger partial charge in [0.15, 0.2) is 5.82 Å². The van der Waals surface area contributed by atoms with Crippen molar-refractivity contribution < 1.29 is 51.4 Å². The molecule has 374 valence electrons. The highest BCUT2D eigenvalue weighted by molar-refractivity contribution is 6.23. The number of piperazine rings is 1. The van der Waals surface area contributed by atoms with Crippen molar-refractivity contribution in [2.45, 2.75) is 81.8 Å². The molecule has 6 heterocycles. The Balaban J connectivity index is 0.696. The number of hydrogen-bond acceptors (Lipinski definition) is 15. The number of carbonyl (C=O) groups excluding carboxylic acids is 6. The third kappa shape index (κ3) is 9.98. The smallest absolute Gasteiger partial charge is 0.342 e. The average molecular weight is 974 g/mol. The topological polar surface area (TPSA) is 202 Å². The summed E-state index contributed by atoms with van der Waals surface area (Å²) in [5.41, 5.74) is 1.28. The number of ether oxygens (including phenoxy) is 2. The van der Waals surface area contributed by atoms with Crippen LogP contribution < -0.4 is 30.5 Å². The maximum Gasteiger partial charge on any atom is 0.342 e.